The summed E-state index contributed by atoms with van der Waals surface area (Å²) in [4.78, 5) is 17.0. The third-order valence-electron chi connectivity index (χ3n) is 2.91. The normalized spacial score (nSPS) is 11.0. The van der Waals surface area contributed by atoms with Crippen LogP contribution in [0.4, 0.5) is 0 Å². The zero-order valence-corrected chi connectivity index (χ0v) is 14.7. The quantitative estimate of drug-likeness (QED) is 0.670. The molecule has 0 N–H and O–H groups in total. The Hall–Kier alpha value is -1.44. The predicted molar refractivity (Wildman–Crippen MR) is 90.0 cm³/mol. The molecule has 1 aromatic carbocycles. The number of rotatable bonds is 4. The summed E-state index contributed by atoms with van der Waals surface area (Å²) in [5.41, 5.74) is 0.344. The monoisotopic (exact) mass is 399 g/mol. The summed E-state index contributed by atoms with van der Waals surface area (Å²) in [5.74, 6) is 0.547. The van der Waals surface area contributed by atoms with Gasteiger partial charge < -0.3 is 4.74 Å². The molecule has 0 saturated heterocycles. The van der Waals surface area contributed by atoms with Crippen LogP contribution in [0.3, 0.4) is 0 Å². The van der Waals surface area contributed by atoms with E-state index in [9.17, 15) is 4.79 Å². The third kappa shape index (κ3) is 3.16. The van der Waals surface area contributed by atoms with E-state index in [2.05, 4.69) is 26.0 Å². The molecule has 2 aromatic heterocycles. The number of nitrogens with zero attached hydrogens (tertiary/aromatic N) is 3. The van der Waals surface area contributed by atoms with Gasteiger partial charge in [-0.25, -0.2) is 4.98 Å². The minimum absolute atomic E-state index is 0.173. The van der Waals surface area contributed by atoms with Crippen molar-refractivity contribution in [2.45, 2.75) is 20.0 Å². The van der Waals surface area contributed by atoms with Crippen molar-refractivity contribution in [2.75, 3.05) is 0 Å². The number of ether oxygens (including phenoxy) is 1. The van der Waals surface area contributed by atoms with Crippen molar-refractivity contribution in [1.82, 2.24) is 14.6 Å². The van der Waals surface area contributed by atoms with Gasteiger partial charge in [-0.1, -0.05) is 45.8 Å². The maximum absolute atomic E-state index is 12.0. The van der Waals surface area contributed by atoms with Gasteiger partial charge in [-0.2, -0.15) is 9.61 Å². The van der Waals surface area contributed by atoms with Crippen molar-refractivity contribution in [3.05, 3.63) is 54.8 Å². The van der Waals surface area contributed by atoms with E-state index >= 15 is 0 Å². The fraction of sp³-hybridized carbons (Fsp3) is 0.214. The molecule has 0 amide bonds. The summed E-state index contributed by atoms with van der Waals surface area (Å²) in [5, 5.41) is 5.58. The van der Waals surface area contributed by atoms with Gasteiger partial charge in [0.25, 0.3) is 5.56 Å². The van der Waals surface area contributed by atoms with Crippen LogP contribution in [-0.2, 0) is 13.0 Å². The Bertz CT molecular complexity index is 893. The standard InChI is InChI=1S/C14H11BrClN3O2S/c1-2-12-18-19-13(20)6-9(17-14(19)22-12)7-21-11-4-3-8(15)5-10(11)16/h3-6H,2,7H2,1H3. The third-order valence-corrected chi connectivity index (χ3v) is 4.75. The lowest BCUT2D eigenvalue weighted by Crippen LogP contribution is -2.16. The largest absolute Gasteiger partial charge is 0.486 e. The van der Waals surface area contributed by atoms with Crippen LogP contribution in [0.25, 0.3) is 4.96 Å². The predicted octanol–water partition coefficient (Wildman–Crippen LogP) is 3.71. The molecular formula is C14H11BrClN3O2S. The van der Waals surface area contributed by atoms with Gasteiger partial charge in [0.15, 0.2) is 0 Å². The molecule has 3 aromatic rings. The molecule has 0 unspecified atom stereocenters. The van der Waals surface area contributed by atoms with Crippen LogP contribution in [0.2, 0.25) is 5.02 Å². The molecule has 0 bridgehead atoms. The first-order valence-corrected chi connectivity index (χ1v) is 8.52. The first-order valence-electron chi connectivity index (χ1n) is 6.53. The number of aryl methyl sites for hydroxylation is 1. The summed E-state index contributed by atoms with van der Waals surface area (Å²) >= 11 is 10.8. The number of halogens is 2. The summed E-state index contributed by atoms with van der Waals surface area (Å²) in [6.45, 7) is 2.16. The van der Waals surface area contributed by atoms with E-state index < -0.39 is 0 Å². The van der Waals surface area contributed by atoms with E-state index in [0.29, 0.717) is 21.4 Å². The zero-order chi connectivity index (χ0) is 15.7. The number of benzene rings is 1. The van der Waals surface area contributed by atoms with Crippen LogP contribution in [0.15, 0.2) is 33.5 Å². The van der Waals surface area contributed by atoms with E-state index in [-0.39, 0.29) is 12.2 Å². The molecular weight excluding hydrogens is 390 g/mol. The number of aromatic nitrogens is 3. The van der Waals surface area contributed by atoms with Crippen LogP contribution in [0.5, 0.6) is 5.75 Å². The molecule has 2 heterocycles. The number of hydrogen-bond donors (Lipinski definition) is 0. The maximum atomic E-state index is 12.0. The Labute approximate surface area is 143 Å². The molecule has 0 saturated carbocycles. The van der Waals surface area contributed by atoms with E-state index in [1.54, 1.807) is 12.1 Å². The Morgan fingerprint density at radius 2 is 2.23 bits per heavy atom. The molecule has 0 aliphatic rings. The Kier molecular flexibility index (Phi) is 4.46. The average Bonchev–Trinajstić information content (AvgIpc) is 2.90. The van der Waals surface area contributed by atoms with Crippen LogP contribution in [0, 0.1) is 0 Å². The smallest absolute Gasteiger partial charge is 0.275 e. The van der Waals surface area contributed by atoms with Crippen molar-refractivity contribution < 1.29 is 4.74 Å². The molecule has 22 heavy (non-hydrogen) atoms. The average molecular weight is 401 g/mol. The van der Waals surface area contributed by atoms with Gasteiger partial charge >= 0.3 is 0 Å². The maximum Gasteiger partial charge on any atom is 0.275 e. The van der Waals surface area contributed by atoms with Crippen molar-refractivity contribution >= 4 is 43.8 Å². The lowest BCUT2D eigenvalue weighted by atomic mass is 10.3. The second-order valence-corrected chi connectivity index (χ2v) is 6.86. The fourth-order valence-corrected chi connectivity index (χ4v) is 3.44. The summed E-state index contributed by atoms with van der Waals surface area (Å²) in [6.07, 6.45) is 0.772. The van der Waals surface area contributed by atoms with Gasteiger partial charge in [0.05, 0.1) is 10.7 Å². The highest BCUT2D eigenvalue weighted by molar-refractivity contribution is 9.10. The first-order chi connectivity index (χ1) is 10.6. The minimum Gasteiger partial charge on any atom is -0.486 e. The van der Waals surface area contributed by atoms with Gasteiger partial charge in [-0.3, -0.25) is 4.79 Å². The van der Waals surface area contributed by atoms with E-state index in [4.69, 9.17) is 16.3 Å². The molecule has 0 atom stereocenters. The minimum atomic E-state index is -0.207. The van der Waals surface area contributed by atoms with Gasteiger partial charge in [-0.15, -0.1) is 0 Å². The zero-order valence-electron chi connectivity index (χ0n) is 11.5. The van der Waals surface area contributed by atoms with Crippen LogP contribution in [0.1, 0.15) is 17.6 Å². The van der Waals surface area contributed by atoms with E-state index in [0.717, 1.165) is 15.9 Å². The number of fused-ring (bicyclic) bond motifs is 1. The second-order valence-electron chi connectivity index (χ2n) is 4.49. The molecule has 0 aliphatic heterocycles. The topological polar surface area (TPSA) is 56.5 Å². The van der Waals surface area contributed by atoms with Gasteiger partial charge in [0.2, 0.25) is 4.96 Å². The highest BCUT2D eigenvalue weighted by Gasteiger charge is 2.09. The lowest BCUT2D eigenvalue weighted by Gasteiger charge is -2.07. The number of hydrogen-bond acceptors (Lipinski definition) is 5. The van der Waals surface area contributed by atoms with Crippen molar-refractivity contribution in [3.8, 4) is 5.75 Å². The molecule has 0 aliphatic carbocycles. The van der Waals surface area contributed by atoms with Gasteiger partial charge in [0, 0.05) is 10.5 Å². The van der Waals surface area contributed by atoms with Crippen LogP contribution >= 0.6 is 38.9 Å². The molecule has 0 fully saturated rings. The second kappa shape index (κ2) is 6.36. The van der Waals surface area contributed by atoms with E-state index in [1.165, 1.54) is 21.9 Å². The Balaban J connectivity index is 1.86. The first kappa shape index (κ1) is 15.5. The van der Waals surface area contributed by atoms with Crippen molar-refractivity contribution in [1.29, 1.82) is 0 Å². The molecule has 5 nitrogen and oxygen atoms in total. The summed E-state index contributed by atoms with van der Waals surface area (Å²) in [7, 11) is 0. The molecule has 114 valence electrons. The van der Waals surface area contributed by atoms with Crippen LogP contribution < -0.4 is 10.3 Å². The van der Waals surface area contributed by atoms with Gasteiger partial charge in [0.1, 0.15) is 17.4 Å². The molecule has 0 spiro atoms. The Morgan fingerprint density at radius 1 is 1.41 bits per heavy atom. The molecule has 0 radical (unpaired) electrons. The Morgan fingerprint density at radius 3 is 2.95 bits per heavy atom. The molecule has 8 heteroatoms. The fourth-order valence-electron chi connectivity index (χ4n) is 1.86. The SMILES string of the molecule is CCc1nn2c(=O)cc(COc3ccc(Br)cc3Cl)nc2s1. The van der Waals surface area contributed by atoms with Crippen LogP contribution in [-0.4, -0.2) is 14.6 Å². The highest BCUT2D eigenvalue weighted by Crippen LogP contribution is 2.28. The summed E-state index contributed by atoms with van der Waals surface area (Å²) < 4.78 is 7.83. The highest BCUT2D eigenvalue weighted by atomic mass is 79.9. The van der Waals surface area contributed by atoms with E-state index in [1.807, 2.05) is 13.0 Å². The lowest BCUT2D eigenvalue weighted by molar-refractivity contribution is 0.301. The van der Waals surface area contributed by atoms with Gasteiger partial charge in [-0.05, 0) is 24.6 Å². The molecule has 3 rings (SSSR count). The summed E-state index contributed by atoms with van der Waals surface area (Å²) in [6, 6.07) is 6.78. The van der Waals surface area contributed by atoms with Crippen molar-refractivity contribution in [3.63, 3.8) is 0 Å². The van der Waals surface area contributed by atoms with Crippen molar-refractivity contribution in [2.24, 2.45) is 0 Å².